The van der Waals surface area contributed by atoms with E-state index in [4.69, 9.17) is 8.85 Å². The van der Waals surface area contributed by atoms with Crippen LogP contribution in [-0.4, -0.2) is 13.8 Å². The Morgan fingerprint density at radius 3 is 2.41 bits per heavy atom. The van der Waals surface area contributed by atoms with Crippen molar-refractivity contribution in [1.29, 1.82) is 0 Å². The topological polar surface area (TPSA) is 18.5 Å². The Balaban J connectivity index is 2.61. The molecule has 1 aromatic rings. The maximum Gasteiger partial charge on any atom is 0.475 e. The lowest BCUT2D eigenvalue weighted by molar-refractivity contribution is 0.257. The Morgan fingerprint density at radius 1 is 1.12 bits per heavy atom. The van der Waals surface area contributed by atoms with Crippen molar-refractivity contribution in [2.75, 3.05) is 6.61 Å². The molecule has 0 aliphatic rings. The van der Waals surface area contributed by atoms with Gasteiger partial charge in [0.05, 0.1) is 0 Å². The summed E-state index contributed by atoms with van der Waals surface area (Å²) in [6, 6.07) is 10.9. The highest BCUT2D eigenvalue weighted by Crippen LogP contribution is 2.26. The summed E-state index contributed by atoms with van der Waals surface area (Å²) in [7, 11) is -2.22. The van der Waals surface area contributed by atoms with Gasteiger partial charge in [-0.2, -0.15) is 0 Å². The third kappa shape index (κ3) is 5.70. The summed E-state index contributed by atoms with van der Waals surface area (Å²) in [4.78, 5) is 0. The van der Waals surface area contributed by atoms with E-state index < -0.39 is 7.18 Å². The summed E-state index contributed by atoms with van der Waals surface area (Å²) in [6.45, 7) is 5.06. The fourth-order valence-electron chi connectivity index (χ4n) is 1.46. The second-order valence-corrected chi connectivity index (χ2v) is 9.96. The zero-order valence-corrected chi connectivity index (χ0v) is 13.2. The van der Waals surface area contributed by atoms with E-state index >= 15 is 0 Å². The minimum Gasteiger partial charge on any atom is -0.513 e. The van der Waals surface area contributed by atoms with E-state index in [-0.39, 0.29) is 0 Å². The Kier molecular flexibility index (Phi) is 6.85. The van der Waals surface area contributed by atoms with Gasteiger partial charge in [-0.15, -0.1) is 0 Å². The predicted molar refractivity (Wildman–Crippen MR) is 77.7 cm³/mol. The first-order valence-corrected chi connectivity index (χ1v) is 10.5. The molecule has 0 saturated heterocycles. The molecule has 0 amide bonds. The third-order valence-corrected chi connectivity index (χ3v) is 6.85. The van der Waals surface area contributed by atoms with E-state index in [0.717, 1.165) is 37.7 Å². The van der Waals surface area contributed by atoms with Crippen LogP contribution in [0.1, 0.15) is 33.1 Å². The number of benzene rings is 1. The lowest BCUT2D eigenvalue weighted by Crippen LogP contribution is -2.39. The van der Waals surface area contributed by atoms with E-state index in [1.165, 1.54) is 0 Å². The van der Waals surface area contributed by atoms with Gasteiger partial charge in [0.25, 0.3) is 0 Å². The van der Waals surface area contributed by atoms with Gasteiger partial charge < -0.3 is 8.85 Å². The van der Waals surface area contributed by atoms with Gasteiger partial charge in [-0.05, 0) is 40.3 Å². The molecule has 0 aliphatic carbocycles. The molecule has 4 heteroatoms. The van der Waals surface area contributed by atoms with Crippen LogP contribution in [0.3, 0.4) is 0 Å². The van der Waals surface area contributed by atoms with Crippen LogP contribution in [0.4, 0.5) is 0 Å². The molecule has 96 valence electrons. The minimum absolute atomic E-state index is 0.758. The SMILES string of the molecule is CCCC[Si](Br)(OCCC)Oc1ccccc1. The lowest BCUT2D eigenvalue weighted by Gasteiger charge is -2.25. The molecule has 0 fully saturated rings. The molecule has 1 aromatic carbocycles. The molecule has 0 radical (unpaired) electrons. The number of halogens is 1. The second-order valence-electron chi connectivity index (χ2n) is 4.03. The average molecular weight is 317 g/mol. The number of rotatable bonds is 8. The van der Waals surface area contributed by atoms with Crippen LogP contribution >= 0.6 is 15.3 Å². The number of hydrogen-bond donors (Lipinski definition) is 0. The van der Waals surface area contributed by atoms with Crippen LogP contribution in [0.5, 0.6) is 5.75 Å². The maximum absolute atomic E-state index is 6.04. The van der Waals surface area contributed by atoms with Crippen molar-refractivity contribution in [3.63, 3.8) is 0 Å². The number of unbranched alkanes of at least 4 members (excludes halogenated alkanes) is 1. The van der Waals surface area contributed by atoms with Crippen LogP contribution < -0.4 is 4.43 Å². The first-order valence-electron chi connectivity index (χ1n) is 6.27. The van der Waals surface area contributed by atoms with Crippen LogP contribution in [0.2, 0.25) is 6.04 Å². The van der Waals surface area contributed by atoms with Crippen molar-refractivity contribution < 1.29 is 8.85 Å². The van der Waals surface area contributed by atoms with Gasteiger partial charge in [-0.1, -0.05) is 38.5 Å². The summed E-state index contributed by atoms with van der Waals surface area (Å²) >= 11 is 3.72. The van der Waals surface area contributed by atoms with Crippen molar-refractivity contribution in [3.05, 3.63) is 30.3 Å². The van der Waals surface area contributed by atoms with Gasteiger partial charge in [-0.25, -0.2) is 0 Å². The van der Waals surface area contributed by atoms with E-state index in [1.807, 2.05) is 30.3 Å². The summed E-state index contributed by atoms with van der Waals surface area (Å²) in [6.07, 6.45) is 3.31. The van der Waals surface area contributed by atoms with Crippen LogP contribution in [-0.2, 0) is 4.43 Å². The largest absolute Gasteiger partial charge is 0.513 e. The van der Waals surface area contributed by atoms with Crippen LogP contribution in [0.15, 0.2) is 30.3 Å². The van der Waals surface area contributed by atoms with Crippen molar-refractivity contribution in [2.45, 2.75) is 39.2 Å². The molecule has 1 atom stereocenters. The van der Waals surface area contributed by atoms with Crippen molar-refractivity contribution in [2.24, 2.45) is 0 Å². The highest BCUT2D eigenvalue weighted by atomic mass is 79.9. The highest BCUT2D eigenvalue weighted by molar-refractivity contribution is 9.25. The quantitative estimate of drug-likeness (QED) is 0.514. The summed E-state index contributed by atoms with van der Waals surface area (Å²) in [5.74, 6) is 0.892. The molecule has 0 spiro atoms. The fraction of sp³-hybridized carbons (Fsp3) is 0.538. The lowest BCUT2D eigenvalue weighted by atomic mass is 10.3. The predicted octanol–water partition coefficient (Wildman–Crippen LogP) is 4.63. The molecule has 0 saturated carbocycles. The number of hydrogen-bond acceptors (Lipinski definition) is 2. The zero-order valence-electron chi connectivity index (χ0n) is 10.6. The second kappa shape index (κ2) is 7.90. The molecule has 0 aliphatic heterocycles. The Morgan fingerprint density at radius 2 is 1.82 bits per heavy atom. The first kappa shape index (κ1) is 14.7. The van der Waals surface area contributed by atoms with Crippen LogP contribution in [0, 0.1) is 0 Å². The molecular formula is C13H21BrO2Si. The van der Waals surface area contributed by atoms with Gasteiger partial charge in [0, 0.05) is 12.7 Å². The van der Waals surface area contributed by atoms with Gasteiger partial charge in [-0.3, -0.25) is 0 Å². The molecule has 1 unspecified atom stereocenters. The highest BCUT2D eigenvalue weighted by Gasteiger charge is 2.36. The molecule has 17 heavy (non-hydrogen) atoms. The monoisotopic (exact) mass is 316 g/mol. The molecule has 0 N–H and O–H groups in total. The standard InChI is InChI=1S/C13H21BrO2Si/c1-3-5-12-17(14,15-11-4-2)16-13-9-7-6-8-10-13/h6-10H,3-5,11-12H2,1-2H3. The summed E-state index contributed by atoms with van der Waals surface area (Å²) < 4.78 is 12.0. The van der Waals surface area contributed by atoms with E-state index in [1.54, 1.807) is 0 Å². The van der Waals surface area contributed by atoms with Crippen molar-refractivity contribution in [3.8, 4) is 5.75 Å². The van der Waals surface area contributed by atoms with Crippen LogP contribution in [0.25, 0.3) is 0 Å². The van der Waals surface area contributed by atoms with Gasteiger partial charge in [0.1, 0.15) is 5.75 Å². The first-order chi connectivity index (χ1) is 8.20. The van der Waals surface area contributed by atoms with E-state index in [9.17, 15) is 0 Å². The molecule has 0 aromatic heterocycles. The molecule has 2 nitrogen and oxygen atoms in total. The molecule has 0 bridgehead atoms. The zero-order chi connectivity index (χ0) is 12.6. The summed E-state index contributed by atoms with van der Waals surface area (Å²) in [5, 5.41) is 0. The number of para-hydroxylation sites is 1. The maximum atomic E-state index is 6.04. The Hall–Kier alpha value is -0.323. The van der Waals surface area contributed by atoms with Gasteiger partial charge in [0.15, 0.2) is 0 Å². The smallest absolute Gasteiger partial charge is 0.475 e. The van der Waals surface area contributed by atoms with E-state index in [0.29, 0.717) is 0 Å². The normalized spacial score (nSPS) is 14.3. The summed E-state index contributed by atoms with van der Waals surface area (Å²) in [5.41, 5.74) is 0. The van der Waals surface area contributed by atoms with E-state index in [2.05, 4.69) is 29.1 Å². The Labute approximate surface area is 113 Å². The minimum atomic E-state index is -2.22. The average Bonchev–Trinajstić information content (AvgIpc) is 2.35. The molecule has 0 heterocycles. The van der Waals surface area contributed by atoms with Crippen molar-refractivity contribution >= 4 is 22.5 Å². The fourth-order valence-corrected chi connectivity index (χ4v) is 5.43. The van der Waals surface area contributed by atoms with Gasteiger partial charge in [0.2, 0.25) is 0 Å². The Bertz CT molecular complexity index is 298. The molecular weight excluding hydrogens is 296 g/mol. The van der Waals surface area contributed by atoms with Gasteiger partial charge >= 0.3 is 7.18 Å². The molecule has 1 rings (SSSR count). The third-order valence-electron chi connectivity index (χ3n) is 2.36. The van der Waals surface area contributed by atoms with Crippen molar-refractivity contribution in [1.82, 2.24) is 0 Å².